The van der Waals surface area contributed by atoms with Gasteiger partial charge in [0.1, 0.15) is 0 Å². The number of hydrogen-bond acceptors (Lipinski definition) is 5. The molecule has 8 nitrogen and oxygen atoms in total. The maximum absolute atomic E-state index is 11.3. The molecule has 116 valence electrons. The number of nitrogens with one attached hydrogen (secondary N) is 2. The first-order chi connectivity index (χ1) is 9.75. The zero-order valence-electron chi connectivity index (χ0n) is 11.4. The minimum Gasteiger partial charge on any atom is -0.478 e. The summed E-state index contributed by atoms with van der Waals surface area (Å²) in [5.41, 5.74) is -0.00313. The molecule has 5 N–H and O–H groups in total. The topological polar surface area (TPSA) is 139 Å². The molecule has 1 aromatic carbocycles. The van der Waals surface area contributed by atoms with Crippen molar-refractivity contribution in [2.75, 3.05) is 18.4 Å². The van der Waals surface area contributed by atoms with Gasteiger partial charge in [-0.25, -0.2) is 18.4 Å². The van der Waals surface area contributed by atoms with Crippen LogP contribution in [-0.4, -0.2) is 38.5 Å². The third kappa shape index (κ3) is 5.04. The van der Waals surface area contributed by atoms with E-state index in [1.807, 2.05) is 0 Å². The van der Waals surface area contributed by atoms with Gasteiger partial charge in [-0.1, -0.05) is 0 Å². The molecule has 0 saturated heterocycles. The third-order valence-electron chi connectivity index (χ3n) is 2.59. The first-order valence-corrected chi connectivity index (χ1v) is 7.71. The molecule has 1 amide bonds. The summed E-state index contributed by atoms with van der Waals surface area (Å²) in [7, 11) is -3.97. The van der Waals surface area contributed by atoms with Crippen LogP contribution in [0.2, 0.25) is 0 Å². The molecule has 0 radical (unpaired) electrons. The van der Waals surface area contributed by atoms with Gasteiger partial charge in [0.15, 0.2) is 0 Å². The first-order valence-electron chi connectivity index (χ1n) is 6.16. The summed E-state index contributed by atoms with van der Waals surface area (Å²) in [6.45, 7) is 2.53. The average Bonchev–Trinajstić information content (AvgIpc) is 2.37. The molecule has 0 aromatic heterocycles. The second-order valence-electron chi connectivity index (χ2n) is 4.19. The van der Waals surface area contributed by atoms with Crippen LogP contribution in [0.3, 0.4) is 0 Å². The van der Waals surface area contributed by atoms with Gasteiger partial charge in [-0.15, -0.1) is 0 Å². The van der Waals surface area contributed by atoms with E-state index in [0.717, 1.165) is 6.07 Å². The van der Waals surface area contributed by atoms with Crippen LogP contribution in [0.1, 0.15) is 23.7 Å². The smallest absolute Gasteiger partial charge is 0.337 e. The molecule has 0 aliphatic rings. The average molecular weight is 315 g/mol. The largest absolute Gasteiger partial charge is 0.478 e. The molecule has 0 aliphatic heterocycles. The lowest BCUT2D eigenvalue weighted by Crippen LogP contribution is -2.25. The summed E-state index contributed by atoms with van der Waals surface area (Å²) in [6.07, 6.45) is 0.170. The number of amides is 1. The van der Waals surface area contributed by atoms with Gasteiger partial charge in [0.2, 0.25) is 15.9 Å². The van der Waals surface area contributed by atoms with Gasteiger partial charge in [0.25, 0.3) is 0 Å². The molecule has 21 heavy (non-hydrogen) atoms. The molecule has 0 aliphatic carbocycles. The molecule has 1 aromatic rings. The lowest BCUT2D eigenvalue weighted by molar-refractivity contribution is -0.120. The zero-order valence-corrected chi connectivity index (χ0v) is 12.2. The lowest BCUT2D eigenvalue weighted by atomic mass is 10.1. The standard InChI is InChI=1S/C12H17N3O5S/c1-2-14-11(16)5-6-15-10-4-3-8(21(13,19)20)7-9(10)12(17)18/h3-4,7,15H,2,5-6H2,1H3,(H,14,16)(H,17,18)(H2,13,19,20). The van der Waals surface area contributed by atoms with Crippen LogP contribution in [0.15, 0.2) is 23.1 Å². The van der Waals surface area contributed by atoms with Gasteiger partial charge >= 0.3 is 5.97 Å². The van der Waals surface area contributed by atoms with E-state index < -0.39 is 16.0 Å². The van der Waals surface area contributed by atoms with E-state index in [9.17, 15) is 18.0 Å². The highest BCUT2D eigenvalue weighted by molar-refractivity contribution is 7.89. The van der Waals surface area contributed by atoms with E-state index in [0.29, 0.717) is 6.54 Å². The molecule has 0 fully saturated rings. The Morgan fingerprint density at radius 1 is 1.33 bits per heavy atom. The quantitative estimate of drug-likeness (QED) is 0.557. The fourth-order valence-corrected chi connectivity index (χ4v) is 2.17. The minimum atomic E-state index is -3.97. The Morgan fingerprint density at radius 2 is 2.00 bits per heavy atom. The Morgan fingerprint density at radius 3 is 2.52 bits per heavy atom. The van der Waals surface area contributed by atoms with Gasteiger partial charge in [-0.05, 0) is 25.1 Å². The number of anilines is 1. The van der Waals surface area contributed by atoms with Crippen LogP contribution in [0.5, 0.6) is 0 Å². The highest BCUT2D eigenvalue weighted by Crippen LogP contribution is 2.20. The van der Waals surface area contributed by atoms with Crippen molar-refractivity contribution in [3.05, 3.63) is 23.8 Å². The van der Waals surface area contributed by atoms with Gasteiger partial charge in [0.05, 0.1) is 10.5 Å². The number of rotatable bonds is 7. The molecule has 0 saturated carbocycles. The SMILES string of the molecule is CCNC(=O)CCNc1ccc(S(N)(=O)=O)cc1C(=O)O. The van der Waals surface area contributed by atoms with Crippen LogP contribution in [0.4, 0.5) is 5.69 Å². The number of benzene rings is 1. The second kappa shape index (κ2) is 7.04. The molecular formula is C12H17N3O5S. The second-order valence-corrected chi connectivity index (χ2v) is 5.75. The van der Waals surface area contributed by atoms with Crippen LogP contribution >= 0.6 is 0 Å². The fourth-order valence-electron chi connectivity index (χ4n) is 1.63. The maximum Gasteiger partial charge on any atom is 0.337 e. The molecule has 0 atom stereocenters. The van der Waals surface area contributed by atoms with E-state index in [1.54, 1.807) is 6.92 Å². The van der Waals surface area contributed by atoms with Gasteiger partial charge in [-0.2, -0.15) is 0 Å². The summed E-state index contributed by atoms with van der Waals surface area (Å²) >= 11 is 0. The summed E-state index contributed by atoms with van der Waals surface area (Å²) < 4.78 is 22.4. The van der Waals surface area contributed by atoms with Gasteiger partial charge in [0, 0.05) is 25.2 Å². The Bertz CT molecular complexity index is 642. The van der Waals surface area contributed by atoms with Crippen molar-refractivity contribution >= 4 is 27.6 Å². The number of carboxylic acid groups (broad SMARTS) is 1. The van der Waals surface area contributed by atoms with Crippen molar-refractivity contribution in [3.8, 4) is 0 Å². The Labute approximate surface area is 122 Å². The number of nitrogens with two attached hydrogens (primary N) is 1. The lowest BCUT2D eigenvalue weighted by Gasteiger charge is -2.10. The number of carboxylic acids is 1. The number of carbonyl (C=O) groups is 2. The molecule has 0 heterocycles. The van der Waals surface area contributed by atoms with Crippen LogP contribution in [-0.2, 0) is 14.8 Å². The molecule has 0 bridgehead atoms. The molecular weight excluding hydrogens is 298 g/mol. The van der Waals surface area contributed by atoms with E-state index in [2.05, 4.69) is 10.6 Å². The number of primary sulfonamides is 1. The normalized spacial score (nSPS) is 11.0. The Balaban J connectivity index is 2.88. The summed E-state index contributed by atoms with van der Waals surface area (Å²) in [6, 6.07) is 3.49. The Kier molecular flexibility index (Phi) is 5.68. The number of hydrogen-bond donors (Lipinski definition) is 4. The van der Waals surface area contributed by atoms with Crippen molar-refractivity contribution in [1.29, 1.82) is 0 Å². The van der Waals surface area contributed by atoms with Crippen molar-refractivity contribution < 1.29 is 23.1 Å². The Hall–Kier alpha value is -2.13. The minimum absolute atomic E-state index is 0.164. The predicted molar refractivity (Wildman–Crippen MR) is 76.6 cm³/mol. The van der Waals surface area contributed by atoms with Crippen molar-refractivity contribution in [1.82, 2.24) is 5.32 Å². The summed E-state index contributed by atoms with van der Waals surface area (Å²) in [5, 5.41) is 19.4. The first kappa shape index (κ1) is 16.9. The summed E-state index contributed by atoms with van der Waals surface area (Å²) in [4.78, 5) is 22.1. The summed E-state index contributed by atoms with van der Waals surface area (Å²) in [5.74, 6) is -1.45. The van der Waals surface area contributed by atoms with E-state index in [4.69, 9.17) is 10.2 Å². The number of sulfonamides is 1. The van der Waals surface area contributed by atoms with E-state index in [1.165, 1.54) is 12.1 Å². The monoisotopic (exact) mass is 315 g/mol. The molecule has 9 heteroatoms. The van der Waals surface area contributed by atoms with Crippen molar-refractivity contribution in [2.24, 2.45) is 5.14 Å². The van der Waals surface area contributed by atoms with E-state index in [-0.39, 0.29) is 35.0 Å². The van der Waals surface area contributed by atoms with Gasteiger partial charge < -0.3 is 15.7 Å². The number of carbonyl (C=O) groups excluding carboxylic acids is 1. The van der Waals surface area contributed by atoms with Gasteiger partial charge in [-0.3, -0.25) is 4.79 Å². The van der Waals surface area contributed by atoms with Crippen molar-refractivity contribution in [3.63, 3.8) is 0 Å². The highest BCUT2D eigenvalue weighted by Gasteiger charge is 2.16. The third-order valence-corrected chi connectivity index (χ3v) is 3.50. The molecule has 1 rings (SSSR count). The van der Waals surface area contributed by atoms with E-state index >= 15 is 0 Å². The molecule has 0 unspecified atom stereocenters. The van der Waals surface area contributed by atoms with Crippen LogP contribution in [0, 0.1) is 0 Å². The zero-order chi connectivity index (χ0) is 16.0. The maximum atomic E-state index is 11.3. The predicted octanol–water partition coefficient (Wildman–Crippen LogP) is -0.0297. The van der Waals surface area contributed by atoms with Crippen LogP contribution in [0.25, 0.3) is 0 Å². The van der Waals surface area contributed by atoms with Crippen LogP contribution < -0.4 is 15.8 Å². The molecule has 0 spiro atoms. The highest BCUT2D eigenvalue weighted by atomic mass is 32.2. The number of aromatic carboxylic acids is 1. The fraction of sp³-hybridized carbons (Fsp3) is 0.333. The van der Waals surface area contributed by atoms with Crippen molar-refractivity contribution in [2.45, 2.75) is 18.2 Å².